The number of carbonyl (C=O) groups is 1. The minimum absolute atomic E-state index is 0.0202. The van der Waals surface area contributed by atoms with Gasteiger partial charge in [-0.1, -0.05) is 53.3 Å². The molecule has 1 aromatic carbocycles. The van der Waals surface area contributed by atoms with Gasteiger partial charge in [-0.3, -0.25) is 4.79 Å². The molecule has 0 aliphatic carbocycles. The number of benzene rings is 1. The fraction of sp³-hybridized carbons (Fsp3) is 0.632. The van der Waals surface area contributed by atoms with Gasteiger partial charge in [0.2, 0.25) is 5.12 Å². The third kappa shape index (κ3) is 4.51. The van der Waals surface area contributed by atoms with Crippen molar-refractivity contribution in [2.24, 2.45) is 0 Å². The zero-order valence-electron chi connectivity index (χ0n) is 15.4. The van der Waals surface area contributed by atoms with Crippen LogP contribution in [0.15, 0.2) is 12.1 Å². The highest BCUT2D eigenvalue weighted by Gasteiger charge is 2.30. The summed E-state index contributed by atoms with van der Waals surface area (Å²) in [6.45, 7) is 12.6. The van der Waals surface area contributed by atoms with Gasteiger partial charge in [0.1, 0.15) is 5.75 Å². The average molecular weight is 339 g/mol. The molecule has 0 amide bonds. The standard InChI is InChI=1S/C19H30O3S/c1-8-18(3,4)14-10-13(17(21)23-12-22-7)11-15(16(14)20)19(5,6)9-2/h10-11,20H,8-9,12H2,1-7H3. The molecule has 0 aliphatic heterocycles. The normalized spacial score (nSPS) is 12.5. The largest absolute Gasteiger partial charge is 0.507 e. The molecule has 0 saturated carbocycles. The molecule has 0 fully saturated rings. The van der Waals surface area contributed by atoms with Crippen LogP contribution in [0.4, 0.5) is 0 Å². The number of hydrogen-bond acceptors (Lipinski definition) is 4. The number of hydrogen-bond donors (Lipinski definition) is 1. The fourth-order valence-corrected chi connectivity index (χ4v) is 2.87. The van der Waals surface area contributed by atoms with Crippen molar-refractivity contribution in [3.8, 4) is 5.75 Å². The summed E-state index contributed by atoms with van der Waals surface area (Å²) in [6, 6.07) is 3.69. The summed E-state index contributed by atoms with van der Waals surface area (Å²) in [4.78, 5) is 12.5. The summed E-state index contributed by atoms with van der Waals surface area (Å²) in [7, 11) is 1.58. The molecule has 4 heteroatoms. The van der Waals surface area contributed by atoms with Gasteiger partial charge in [0.05, 0.1) is 5.94 Å². The Morgan fingerprint density at radius 1 is 1.09 bits per heavy atom. The van der Waals surface area contributed by atoms with E-state index in [4.69, 9.17) is 4.74 Å². The van der Waals surface area contributed by atoms with E-state index < -0.39 is 0 Å². The third-order valence-corrected chi connectivity index (χ3v) is 5.73. The highest BCUT2D eigenvalue weighted by atomic mass is 32.2. The van der Waals surface area contributed by atoms with E-state index in [0.29, 0.717) is 17.3 Å². The molecule has 0 spiro atoms. The summed E-state index contributed by atoms with van der Waals surface area (Å²) < 4.78 is 4.99. The van der Waals surface area contributed by atoms with Crippen LogP contribution in [0, 0.1) is 0 Å². The van der Waals surface area contributed by atoms with Crippen LogP contribution in [0.5, 0.6) is 5.75 Å². The van der Waals surface area contributed by atoms with Crippen molar-refractivity contribution in [3.05, 3.63) is 28.8 Å². The number of phenols is 1. The molecule has 0 aromatic heterocycles. The van der Waals surface area contributed by atoms with E-state index in [-0.39, 0.29) is 15.9 Å². The first-order valence-electron chi connectivity index (χ1n) is 8.14. The first-order valence-corrected chi connectivity index (χ1v) is 9.13. The summed E-state index contributed by atoms with van der Waals surface area (Å²) in [5, 5.41) is 10.8. The molecule has 1 aromatic rings. The lowest BCUT2D eigenvalue weighted by molar-refractivity contribution is 0.108. The van der Waals surface area contributed by atoms with Crippen molar-refractivity contribution in [2.75, 3.05) is 13.0 Å². The van der Waals surface area contributed by atoms with Crippen molar-refractivity contribution in [1.29, 1.82) is 0 Å². The van der Waals surface area contributed by atoms with Gasteiger partial charge < -0.3 is 9.84 Å². The van der Waals surface area contributed by atoms with Gasteiger partial charge in [0.25, 0.3) is 0 Å². The van der Waals surface area contributed by atoms with Gasteiger partial charge in [-0.15, -0.1) is 0 Å². The Hall–Kier alpha value is -1.00. The number of rotatable bonds is 7. The average Bonchev–Trinajstić information content (AvgIpc) is 2.52. The van der Waals surface area contributed by atoms with Crippen molar-refractivity contribution in [1.82, 2.24) is 0 Å². The van der Waals surface area contributed by atoms with Crippen LogP contribution in [0.3, 0.4) is 0 Å². The Morgan fingerprint density at radius 2 is 1.52 bits per heavy atom. The zero-order chi connectivity index (χ0) is 17.8. The van der Waals surface area contributed by atoms with Crippen LogP contribution in [0.1, 0.15) is 75.9 Å². The lowest BCUT2D eigenvalue weighted by Crippen LogP contribution is -2.22. The molecule has 0 aliphatic rings. The van der Waals surface area contributed by atoms with E-state index in [9.17, 15) is 9.90 Å². The van der Waals surface area contributed by atoms with Crippen LogP contribution < -0.4 is 0 Å². The molecular formula is C19H30O3S. The highest BCUT2D eigenvalue weighted by molar-refractivity contribution is 8.14. The van der Waals surface area contributed by atoms with Crippen LogP contribution in [0.2, 0.25) is 0 Å². The summed E-state index contributed by atoms with van der Waals surface area (Å²) >= 11 is 1.15. The van der Waals surface area contributed by atoms with Crippen LogP contribution >= 0.6 is 11.8 Å². The van der Waals surface area contributed by atoms with Gasteiger partial charge in [-0.05, 0) is 35.8 Å². The van der Waals surface area contributed by atoms with E-state index in [2.05, 4.69) is 41.5 Å². The Kier molecular flexibility index (Phi) is 6.72. The minimum Gasteiger partial charge on any atom is -0.507 e. The van der Waals surface area contributed by atoms with E-state index in [1.165, 1.54) is 0 Å². The molecule has 1 rings (SSSR count). The third-order valence-electron chi connectivity index (χ3n) is 4.88. The number of methoxy groups -OCH3 is 1. The molecular weight excluding hydrogens is 308 g/mol. The second kappa shape index (κ2) is 7.71. The molecule has 0 unspecified atom stereocenters. The monoisotopic (exact) mass is 338 g/mol. The maximum absolute atomic E-state index is 12.5. The quantitative estimate of drug-likeness (QED) is 0.690. The Balaban J connectivity index is 3.53. The molecule has 3 nitrogen and oxygen atoms in total. The maximum atomic E-state index is 12.5. The fourth-order valence-electron chi connectivity index (χ4n) is 2.36. The van der Waals surface area contributed by atoms with Crippen molar-refractivity contribution in [2.45, 2.75) is 65.2 Å². The minimum atomic E-state index is -0.190. The van der Waals surface area contributed by atoms with Gasteiger partial charge >= 0.3 is 0 Å². The van der Waals surface area contributed by atoms with E-state index in [1.807, 2.05) is 12.1 Å². The molecule has 1 N–H and O–H groups in total. The Bertz CT molecular complexity index is 525. The smallest absolute Gasteiger partial charge is 0.221 e. The number of ether oxygens (including phenoxy) is 1. The number of carbonyl (C=O) groups excluding carboxylic acids is 1. The van der Waals surface area contributed by atoms with Crippen LogP contribution in [0.25, 0.3) is 0 Å². The Labute approximate surface area is 144 Å². The summed E-state index contributed by atoms with van der Waals surface area (Å²) in [5.74, 6) is 0.663. The lowest BCUT2D eigenvalue weighted by atomic mass is 9.75. The SMILES string of the molecule is CCC(C)(C)c1cc(C(=O)SCOC)cc(C(C)(C)CC)c1O. The molecule has 0 bridgehead atoms. The van der Waals surface area contributed by atoms with Gasteiger partial charge in [0, 0.05) is 23.8 Å². The second-order valence-corrected chi connectivity index (χ2v) is 8.13. The van der Waals surface area contributed by atoms with Gasteiger partial charge in [0.15, 0.2) is 0 Å². The molecule has 0 saturated heterocycles. The topological polar surface area (TPSA) is 46.5 Å². The van der Waals surface area contributed by atoms with Crippen molar-refractivity contribution >= 4 is 16.9 Å². The number of thioether (sulfide) groups is 1. The lowest BCUT2D eigenvalue weighted by Gasteiger charge is -2.31. The van der Waals surface area contributed by atoms with E-state index in [1.54, 1.807) is 7.11 Å². The van der Waals surface area contributed by atoms with Gasteiger partial charge in [-0.25, -0.2) is 0 Å². The first kappa shape index (κ1) is 20.0. The van der Waals surface area contributed by atoms with Crippen molar-refractivity contribution < 1.29 is 14.6 Å². The summed E-state index contributed by atoms with van der Waals surface area (Å²) in [5.41, 5.74) is 1.95. The molecule has 0 heterocycles. The zero-order valence-corrected chi connectivity index (χ0v) is 16.3. The van der Waals surface area contributed by atoms with Gasteiger partial charge in [-0.2, -0.15) is 0 Å². The van der Waals surface area contributed by atoms with E-state index >= 15 is 0 Å². The van der Waals surface area contributed by atoms with E-state index in [0.717, 1.165) is 35.7 Å². The highest BCUT2D eigenvalue weighted by Crippen LogP contribution is 2.42. The first-order chi connectivity index (χ1) is 10.6. The predicted molar refractivity (Wildman–Crippen MR) is 98.5 cm³/mol. The molecule has 23 heavy (non-hydrogen) atoms. The Morgan fingerprint density at radius 3 is 1.87 bits per heavy atom. The number of aromatic hydroxyl groups is 1. The van der Waals surface area contributed by atoms with Crippen molar-refractivity contribution in [3.63, 3.8) is 0 Å². The number of phenolic OH excluding ortho intramolecular Hbond substituents is 1. The predicted octanol–water partition coefficient (Wildman–Crippen LogP) is 5.24. The molecule has 130 valence electrons. The maximum Gasteiger partial charge on any atom is 0.221 e. The van der Waals surface area contributed by atoms with Crippen LogP contribution in [-0.4, -0.2) is 23.3 Å². The molecule has 0 radical (unpaired) electrons. The second-order valence-electron chi connectivity index (χ2n) is 7.23. The summed E-state index contributed by atoms with van der Waals surface area (Å²) in [6.07, 6.45) is 1.77. The van der Waals surface area contributed by atoms with Crippen LogP contribution in [-0.2, 0) is 15.6 Å². The molecule has 0 atom stereocenters.